The molecule has 0 saturated carbocycles. The Morgan fingerprint density at radius 2 is 1.67 bits per heavy atom. The number of benzene rings is 2. The molecule has 0 amide bonds. The van der Waals surface area contributed by atoms with E-state index in [1.807, 2.05) is 7.05 Å². The van der Waals surface area contributed by atoms with Gasteiger partial charge in [0.1, 0.15) is 6.33 Å². The maximum Gasteiger partial charge on any atom is 0.262 e. The summed E-state index contributed by atoms with van der Waals surface area (Å²) in [5, 5.41) is 7.87. The maximum absolute atomic E-state index is 12.8. The van der Waals surface area contributed by atoms with Crippen molar-refractivity contribution in [3.8, 4) is 22.9 Å². The molecule has 142 valence electrons. The molecule has 0 unspecified atom stereocenters. The number of hydrogen-bond donors (Lipinski definition) is 1. The summed E-state index contributed by atoms with van der Waals surface area (Å²) in [5.74, 6) is 1.52. The minimum absolute atomic E-state index is 0.123. The van der Waals surface area contributed by atoms with Gasteiger partial charge in [0.05, 0.1) is 19.1 Å². The molecule has 0 aliphatic heterocycles. The third-order valence-electron chi connectivity index (χ3n) is 4.08. The van der Waals surface area contributed by atoms with E-state index in [-0.39, 0.29) is 4.90 Å². The number of nitrogens with zero attached hydrogens (tertiary/aromatic N) is 3. The molecule has 1 N–H and O–H groups in total. The molecule has 0 aliphatic carbocycles. The molecule has 3 aromatic rings. The zero-order valence-electron chi connectivity index (χ0n) is 15.4. The van der Waals surface area contributed by atoms with Gasteiger partial charge in [-0.1, -0.05) is 0 Å². The van der Waals surface area contributed by atoms with Gasteiger partial charge < -0.3 is 14.0 Å². The van der Waals surface area contributed by atoms with E-state index in [1.165, 1.54) is 20.3 Å². The fraction of sp³-hybridized carbons (Fsp3) is 0.222. The lowest BCUT2D eigenvalue weighted by Crippen LogP contribution is -2.14. The van der Waals surface area contributed by atoms with Crippen LogP contribution in [0.5, 0.6) is 11.5 Å². The van der Waals surface area contributed by atoms with E-state index in [0.29, 0.717) is 28.6 Å². The van der Waals surface area contributed by atoms with Crippen LogP contribution in [0.2, 0.25) is 0 Å². The molecule has 8 nitrogen and oxygen atoms in total. The summed E-state index contributed by atoms with van der Waals surface area (Å²) in [6.45, 7) is 1.70. The van der Waals surface area contributed by atoms with Crippen LogP contribution in [0, 0.1) is 6.92 Å². The van der Waals surface area contributed by atoms with Crippen LogP contribution in [0.4, 0.5) is 5.69 Å². The van der Waals surface area contributed by atoms with Crippen molar-refractivity contribution in [1.29, 1.82) is 0 Å². The average molecular weight is 388 g/mol. The van der Waals surface area contributed by atoms with Crippen molar-refractivity contribution in [3.63, 3.8) is 0 Å². The normalized spacial score (nSPS) is 11.3. The molecule has 0 spiro atoms. The molecule has 0 saturated heterocycles. The largest absolute Gasteiger partial charge is 0.493 e. The molecule has 0 fully saturated rings. The van der Waals surface area contributed by atoms with Gasteiger partial charge in [-0.15, -0.1) is 10.2 Å². The van der Waals surface area contributed by atoms with Gasteiger partial charge in [-0.3, -0.25) is 4.72 Å². The Balaban J connectivity index is 1.90. The number of nitrogens with one attached hydrogen (secondary N) is 1. The summed E-state index contributed by atoms with van der Waals surface area (Å²) in [7, 11) is 1.01. The van der Waals surface area contributed by atoms with Crippen molar-refractivity contribution >= 4 is 15.7 Å². The SMILES string of the molecule is COc1cc(C)c(S(=O)(=O)Nc2ccc(-c3nncn3C)cc2)cc1OC. The first kappa shape index (κ1) is 18.7. The first-order valence-corrected chi connectivity index (χ1v) is 9.54. The molecular formula is C18H20N4O4S. The second kappa shape index (κ2) is 7.28. The molecule has 1 aromatic heterocycles. The van der Waals surface area contributed by atoms with E-state index < -0.39 is 10.0 Å². The van der Waals surface area contributed by atoms with Gasteiger partial charge in [-0.25, -0.2) is 8.42 Å². The highest BCUT2D eigenvalue weighted by Gasteiger charge is 2.20. The highest BCUT2D eigenvalue weighted by Crippen LogP contribution is 2.33. The van der Waals surface area contributed by atoms with Gasteiger partial charge >= 0.3 is 0 Å². The van der Waals surface area contributed by atoms with Gasteiger partial charge in [-0.2, -0.15) is 0 Å². The van der Waals surface area contributed by atoms with Crippen LogP contribution in [-0.2, 0) is 17.1 Å². The molecule has 3 rings (SSSR count). The van der Waals surface area contributed by atoms with Gasteiger partial charge in [0.25, 0.3) is 10.0 Å². The zero-order valence-corrected chi connectivity index (χ0v) is 16.2. The van der Waals surface area contributed by atoms with Gasteiger partial charge in [0, 0.05) is 24.4 Å². The molecule has 1 heterocycles. The number of methoxy groups -OCH3 is 2. The van der Waals surface area contributed by atoms with Crippen molar-refractivity contribution < 1.29 is 17.9 Å². The predicted octanol–water partition coefficient (Wildman–Crippen LogP) is 2.61. The van der Waals surface area contributed by atoms with E-state index in [1.54, 1.807) is 48.1 Å². The second-order valence-corrected chi connectivity index (χ2v) is 7.57. The lowest BCUT2D eigenvalue weighted by atomic mass is 10.2. The molecule has 2 aromatic carbocycles. The van der Waals surface area contributed by atoms with E-state index in [2.05, 4.69) is 14.9 Å². The van der Waals surface area contributed by atoms with Crippen molar-refractivity contribution in [2.24, 2.45) is 7.05 Å². The monoisotopic (exact) mass is 388 g/mol. The van der Waals surface area contributed by atoms with E-state index >= 15 is 0 Å². The fourth-order valence-electron chi connectivity index (χ4n) is 2.69. The standard InChI is InChI=1S/C18H20N4O4S/c1-12-9-15(25-3)16(26-4)10-17(12)27(23,24)21-14-7-5-13(6-8-14)18-20-19-11-22(18)2/h5-11,21H,1-4H3. The van der Waals surface area contributed by atoms with Crippen molar-refractivity contribution in [3.05, 3.63) is 48.3 Å². The number of ether oxygens (including phenoxy) is 2. The Kier molecular flexibility index (Phi) is 5.04. The molecule has 27 heavy (non-hydrogen) atoms. The van der Waals surface area contributed by atoms with Crippen LogP contribution < -0.4 is 14.2 Å². The lowest BCUT2D eigenvalue weighted by Gasteiger charge is -2.14. The quantitative estimate of drug-likeness (QED) is 0.697. The Bertz CT molecular complexity index is 1060. The summed E-state index contributed by atoms with van der Waals surface area (Å²) in [6.07, 6.45) is 1.60. The van der Waals surface area contributed by atoms with Crippen molar-refractivity contribution in [2.75, 3.05) is 18.9 Å². The van der Waals surface area contributed by atoms with Crippen molar-refractivity contribution in [1.82, 2.24) is 14.8 Å². The Hall–Kier alpha value is -3.07. The van der Waals surface area contributed by atoms with Crippen LogP contribution in [0.25, 0.3) is 11.4 Å². The zero-order chi connectivity index (χ0) is 19.6. The summed E-state index contributed by atoms with van der Waals surface area (Å²) in [5.41, 5.74) is 1.83. The molecule has 0 atom stereocenters. The number of sulfonamides is 1. The van der Waals surface area contributed by atoms with Gasteiger partial charge in [0.15, 0.2) is 17.3 Å². The molecule has 0 aliphatic rings. The van der Waals surface area contributed by atoms with Gasteiger partial charge in [-0.05, 0) is 42.8 Å². The third kappa shape index (κ3) is 3.72. The minimum Gasteiger partial charge on any atom is -0.493 e. The number of aryl methyl sites for hydroxylation is 2. The van der Waals surface area contributed by atoms with Crippen LogP contribution in [0.15, 0.2) is 47.6 Å². The molecule has 0 bridgehead atoms. The Morgan fingerprint density at radius 1 is 1.04 bits per heavy atom. The van der Waals surface area contributed by atoms with Crippen LogP contribution in [-0.4, -0.2) is 37.4 Å². The first-order valence-electron chi connectivity index (χ1n) is 8.05. The summed E-state index contributed by atoms with van der Waals surface area (Å²) in [6, 6.07) is 10.00. The minimum atomic E-state index is -3.80. The number of aromatic nitrogens is 3. The van der Waals surface area contributed by atoms with Crippen LogP contribution in [0.3, 0.4) is 0 Å². The summed E-state index contributed by atoms with van der Waals surface area (Å²) in [4.78, 5) is 0.123. The third-order valence-corrected chi connectivity index (χ3v) is 5.60. The Labute approximate surface area is 157 Å². The van der Waals surface area contributed by atoms with Crippen molar-refractivity contribution in [2.45, 2.75) is 11.8 Å². The van der Waals surface area contributed by atoms with E-state index in [0.717, 1.165) is 5.56 Å². The molecular weight excluding hydrogens is 368 g/mol. The molecule has 9 heteroatoms. The smallest absolute Gasteiger partial charge is 0.262 e. The Morgan fingerprint density at radius 3 is 2.22 bits per heavy atom. The predicted molar refractivity (Wildman–Crippen MR) is 102 cm³/mol. The number of anilines is 1. The highest BCUT2D eigenvalue weighted by atomic mass is 32.2. The highest BCUT2D eigenvalue weighted by molar-refractivity contribution is 7.92. The fourth-order valence-corrected chi connectivity index (χ4v) is 3.99. The average Bonchev–Trinajstić information content (AvgIpc) is 3.07. The number of rotatable bonds is 6. The summed E-state index contributed by atoms with van der Waals surface area (Å²) < 4.78 is 40.4. The molecule has 0 radical (unpaired) electrons. The number of hydrogen-bond acceptors (Lipinski definition) is 6. The lowest BCUT2D eigenvalue weighted by molar-refractivity contribution is 0.353. The van der Waals surface area contributed by atoms with Crippen LogP contribution in [0.1, 0.15) is 5.56 Å². The summed E-state index contributed by atoms with van der Waals surface area (Å²) >= 11 is 0. The first-order chi connectivity index (χ1) is 12.9. The van der Waals surface area contributed by atoms with Crippen LogP contribution >= 0.6 is 0 Å². The second-order valence-electron chi connectivity index (χ2n) is 5.92. The van der Waals surface area contributed by atoms with Gasteiger partial charge in [0.2, 0.25) is 0 Å². The van der Waals surface area contributed by atoms with E-state index in [4.69, 9.17) is 9.47 Å². The topological polar surface area (TPSA) is 95.3 Å². The maximum atomic E-state index is 12.8. The van der Waals surface area contributed by atoms with E-state index in [9.17, 15) is 8.42 Å².